The van der Waals surface area contributed by atoms with Crippen LogP contribution in [0.25, 0.3) is 0 Å². The largest absolute Gasteiger partial charge is 0.480 e. The van der Waals surface area contributed by atoms with E-state index in [1.54, 1.807) is 0 Å². The Bertz CT molecular complexity index is 1030. The molecule has 0 aromatic carbocycles. The zero-order valence-corrected chi connectivity index (χ0v) is 19.4. The second-order valence-corrected chi connectivity index (χ2v) is 8.89. The number of hydrogen-bond donors (Lipinski definition) is 2. The maximum Gasteiger partial charge on any atom is 0.325 e. The summed E-state index contributed by atoms with van der Waals surface area (Å²) in [6.45, 7) is -0.259. The molecule has 0 saturated carbocycles. The topological polar surface area (TPSA) is 125 Å². The van der Waals surface area contributed by atoms with Crippen molar-refractivity contribution in [1.29, 1.82) is 0 Å². The smallest absolute Gasteiger partial charge is 0.325 e. The van der Waals surface area contributed by atoms with Crippen LogP contribution in [0.5, 0.6) is 0 Å². The monoisotopic (exact) mass is 564 g/mol. The SMILES string of the molecule is CN(C1CCCc2c1cnn2CC(=O)O)S(=O)(=O)c1c[nH]c(=O)c(Br)c1.[Ar].[Ar].[Ar]. The molecule has 1 atom stereocenters. The third kappa shape index (κ3) is 6.89. The molecule has 14 heteroatoms. The van der Waals surface area contributed by atoms with E-state index >= 15 is 0 Å². The van der Waals surface area contributed by atoms with Crippen LogP contribution < -0.4 is 5.56 Å². The third-order valence-corrected chi connectivity index (χ3v) is 6.90. The van der Waals surface area contributed by atoms with Gasteiger partial charge in [0.1, 0.15) is 6.54 Å². The Morgan fingerprint density at radius 3 is 2.66 bits per heavy atom. The van der Waals surface area contributed by atoms with Gasteiger partial charge < -0.3 is 10.1 Å². The number of pyridine rings is 1. The van der Waals surface area contributed by atoms with Crippen LogP contribution in [0.15, 0.2) is 32.6 Å². The molecule has 1 aliphatic carbocycles. The van der Waals surface area contributed by atoms with Crippen molar-refractivity contribution >= 4 is 31.9 Å². The molecule has 0 spiro atoms. The fourth-order valence-corrected chi connectivity index (χ4v) is 5.03. The maximum atomic E-state index is 13.0. The van der Waals surface area contributed by atoms with Crippen molar-refractivity contribution in [3.8, 4) is 0 Å². The van der Waals surface area contributed by atoms with Crippen LogP contribution in [-0.4, -0.2) is 45.6 Å². The quantitative estimate of drug-likeness (QED) is 0.560. The first kappa shape index (κ1) is 30.8. The zero-order chi connectivity index (χ0) is 19.1. The molecule has 0 bridgehead atoms. The molecule has 3 rings (SSSR count). The van der Waals surface area contributed by atoms with Gasteiger partial charge in [-0.2, -0.15) is 9.40 Å². The van der Waals surface area contributed by atoms with Crippen LogP contribution in [0.2, 0.25) is 0 Å². The first-order valence-electron chi connectivity index (χ1n) is 7.84. The summed E-state index contributed by atoms with van der Waals surface area (Å²) in [7, 11) is -2.38. The summed E-state index contributed by atoms with van der Waals surface area (Å²) in [6.07, 6.45) is 4.68. The van der Waals surface area contributed by atoms with Crippen LogP contribution in [0, 0.1) is 113 Å². The first-order valence-corrected chi connectivity index (χ1v) is 10.1. The minimum absolute atomic E-state index is 0. The van der Waals surface area contributed by atoms with E-state index < -0.39 is 27.6 Å². The number of fused-ring (bicyclic) bond motifs is 1. The molecule has 0 radical (unpaired) electrons. The average Bonchev–Trinajstić information content (AvgIpc) is 2.99. The van der Waals surface area contributed by atoms with E-state index in [2.05, 4.69) is 26.0 Å². The number of nitrogens with one attached hydrogen (secondary N) is 1. The van der Waals surface area contributed by atoms with E-state index in [1.807, 2.05) is 0 Å². The second kappa shape index (κ2) is 12.9. The Balaban J connectivity index is 0.00000261. The molecule has 0 saturated heterocycles. The number of aliphatic carboxylic acids is 1. The molecule has 9 nitrogen and oxygen atoms in total. The summed E-state index contributed by atoms with van der Waals surface area (Å²) >= 11 is 3.04. The van der Waals surface area contributed by atoms with Gasteiger partial charge in [0.25, 0.3) is 5.56 Å². The number of aromatic amines is 1. The fourth-order valence-electron chi connectivity index (χ4n) is 3.16. The molecule has 0 fully saturated rings. The number of carboxylic acid groups (broad SMARTS) is 1. The van der Waals surface area contributed by atoms with Crippen molar-refractivity contribution in [3.63, 3.8) is 0 Å². The number of sulfonamides is 1. The van der Waals surface area contributed by atoms with Gasteiger partial charge in [-0.15, -0.1) is 0 Å². The predicted octanol–water partition coefficient (Wildman–Crippen LogP) is 1.12. The van der Waals surface area contributed by atoms with Gasteiger partial charge in [0.05, 0.1) is 21.6 Å². The molecule has 1 aliphatic rings. The fraction of sp³-hybridized carbons (Fsp3) is 0.400. The van der Waals surface area contributed by atoms with Crippen LogP contribution >= 0.6 is 15.9 Å². The standard InChI is InChI=1S/C15H17BrN4O5S.3Ar/c1-19(26(24,25)9-5-11(16)15(23)17-6-9)12-3-2-4-13-10(12)7-18-20(13)8-14(21)22;;;/h5-7,12H,2-4,8H2,1H3,(H,17,23)(H,21,22);;;. The number of H-pyrrole nitrogens is 1. The maximum absolute atomic E-state index is 13.0. The second-order valence-electron chi connectivity index (χ2n) is 6.04. The van der Waals surface area contributed by atoms with E-state index in [9.17, 15) is 18.0 Å². The number of carboxylic acids is 1. The molecule has 0 aliphatic heterocycles. The van der Waals surface area contributed by atoms with Gasteiger partial charge in [-0.05, 0) is 41.3 Å². The number of aromatic nitrogens is 3. The normalized spacial score (nSPS) is 15.5. The summed E-state index contributed by atoms with van der Waals surface area (Å²) in [5.74, 6) is -1.00. The summed E-state index contributed by atoms with van der Waals surface area (Å²) in [5.41, 5.74) is 1.04. The third-order valence-electron chi connectivity index (χ3n) is 4.46. The van der Waals surface area contributed by atoms with Crippen molar-refractivity contribution in [2.24, 2.45) is 0 Å². The van der Waals surface area contributed by atoms with E-state index in [0.717, 1.165) is 18.3 Å². The number of halogens is 1. The number of hydrogen-bond acceptors (Lipinski definition) is 5. The van der Waals surface area contributed by atoms with Crippen LogP contribution in [-0.2, 0) is 27.8 Å². The first-order chi connectivity index (χ1) is 12.2. The molecule has 0 amide bonds. The summed E-state index contributed by atoms with van der Waals surface area (Å²) in [5, 5.41) is 13.1. The molecule has 2 aromatic rings. The molecule has 164 valence electrons. The van der Waals surface area contributed by atoms with Gasteiger partial charge >= 0.3 is 5.97 Å². The number of rotatable bonds is 5. The van der Waals surface area contributed by atoms with Crippen molar-refractivity contribution in [2.75, 3.05) is 7.05 Å². The average molecular weight is 565 g/mol. The van der Waals surface area contributed by atoms with Crippen molar-refractivity contribution < 1.29 is 132 Å². The number of nitrogens with zero attached hydrogens (tertiary/aromatic N) is 3. The Morgan fingerprint density at radius 1 is 1.41 bits per heavy atom. The summed E-state index contributed by atoms with van der Waals surface area (Å²) < 4.78 is 28.7. The van der Waals surface area contributed by atoms with Gasteiger partial charge in [-0.25, -0.2) is 8.42 Å². The van der Waals surface area contributed by atoms with Gasteiger partial charge in [0.2, 0.25) is 10.0 Å². The Kier molecular flexibility index (Phi) is 13.7. The number of carbonyl (C=O) groups is 1. The molecule has 1 unspecified atom stereocenters. The van der Waals surface area contributed by atoms with E-state index in [1.165, 1.54) is 28.3 Å². The van der Waals surface area contributed by atoms with Gasteiger partial charge in [-0.1, -0.05) is 0 Å². The minimum atomic E-state index is -3.85. The van der Waals surface area contributed by atoms with Crippen LogP contribution in [0.4, 0.5) is 0 Å². The predicted molar refractivity (Wildman–Crippen MR) is 95.3 cm³/mol. The Hall–Kier alpha value is 1.80. The minimum Gasteiger partial charge on any atom is -0.480 e. The van der Waals surface area contributed by atoms with Crippen LogP contribution in [0.1, 0.15) is 30.1 Å². The molecule has 2 heterocycles. The Labute approximate surface area is 266 Å². The van der Waals surface area contributed by atoms with Crippen molar-refractivity contribution in [1.82, 2.24) is 19.1 Å². The molecule has 29 heavy (non-hydrogen) atoms. The van der Waals surface area contributed by atoms with Gasteiger partial charge in [0.15, 0.2) is 0 Å². The van der Waals surface area contributed by atoms with Crippen molar-refractivity contribution in [2.45, 2.75) is 36.7 Å². The van der Waals surface area contributed by atoms with E-state index in [-0.39, 0.29) is 129 Å². The Morgan fingerprint density at radius 2 is 2.07 bits per heavy atom. The van der Waals surface area contributed by atoms with E-state index in [0.29, 0.717) is 18.4 Å². The molecule has 2 aromatic heterocycles. The van der Waals surface area contributed by atoms with Gasteiger partial charge in [-0.3, -0.25) is 14.3 Å². The molecular weight excluding hydrogens is 548 g/mol. The van der Waals surface area contributed by atoms with Crippen LogP contribution in [0.3, 0.4) is 0 Å². The summed E-state index contributed by atoms with van der Waals surface area (Å²) in [4.78, 5) is 24.8. The molecule has 2 N–H and O–H groups in total. The molecular formula is C15H17Ar3BrN4O5S. The zero-order valence-electron chi connectivity index (χ0n) is 14.9. The van der Waals surface area contributed by atoms with E-state index in [4.69, 9.17) is 5.11 Å². The van der Waals surface area contributed by atoms with Crippen molar-refractivity contribution in [3.05, 3.63) is 44.5 Å². The van der Waals surface area contributed by atoms with Gasteiger partial charge in [0, 0.05) is 138 Å². The summed E-state index contributed by atoms with van der Waals surface area (Å²) in [6, 6.07) is 0.819.